The molecule has 1 rings (SSSR count). The second-order valence-electron chi connectivity index (χ2n) is 4.93. The molecule has 0 aliphatic carbocycles. The number of carbonyl (C=O) groups excluding carboxylic acids is 1. The number of piperidine rings is 1. The van der Waals surface area contributed by atoms with Crippen molar-refractivity contribution >= 4 is 5.91 Å². The Morgan fingerprint density at radius 3 is 2.12 bits per heavy atom. The molecule has 1 fully saturated rings. The van der Waals surface area contributed by atoms with E-state index in [1.165, 1.54) is 4.90 Å². The highest BCUT2D eigenvalue weighted by molar-refractivity contribution is 5.82. The van der Waals surface area contributed by atoms with Crippen LogP contribution in [0.1, 0.15) is 26.7 Å². The summed E-state index contributed by atoms with van der Waals surface area (Å²) in [6.07, 6.45) is -3.13. The van der Waals surface area contributed by atoms with Crippen LogP contribution in [-0.4, -0.2) is 36.1 Å². The van der Waals surface area contributed by atoms with Gasteiger partial charge in [0.2, 0.25) is 5.91 Å². The summed E-state index contributed by atoms with van der Waals surface area (Å²) in [5.74, 6) is -0.00981. The Morgan fingerprint density at radius 2 is 1.76 bits per heavy atom. The number of hydrogen-bond donors (Lipinski definition) is 1. The van der Waals surface area contributed by atoms with Gasteiger partial charge in [0.15, 0.2) is 6.04 Å². The van der Waals surface area contributed by atoms with Gasteiger partial charge in [-0.2, -0.15) is 13.2 Å². The Balaban J connectivity index is 2.52. The van der Waals surface area contributed by atoms with Gasteiger partial charge >= 0.3 is 6.18 Å². The molecule has 100 valence electrons. The molecule has 17 heavy (non-hydrogen) atoms. The van der Waals surface area contributed by atoms with Crippen molar-refractivity contribution in [3.8, 4) is 0 Å². The largest absolute Gasteiger partial charge is 0.412 e. The molecule has 3 nitrogen and oxygen atoms in total. The number of amides is 1. The molecular weight excluding hydrogens is 233 g/mol. The van der Waals surface area contributed by atoms with Gasteiger partial charge in [0.25, 0.3) is 0 Å². The molecule has 1 aliphatic rings. The van der Waals surface area contributed by atoms with Crippen molar-refractivity contribution in [2.75, 3.05) is 13.1 Å². The number of nitrogens with zero attached hydrogens (tertiary/aromatic N) is 1. The highest BCUT2D eigenvalue weighted by atomic mass is 19.4. The molecule has 1 atom stereocenters. The van der Waals surface area contributed by atoms with E-state index < -0.39 is 18.1 Å². The quantitative estimate of drug-likeness (QED) is 0.814. The Hall–Kier alpha value is -0.780. The normalized spacial score (nSPS) is 20.8. The summed E-state index contributed by atoms with van der Waals surface area (Å²) in [5, 5.41) is 0. The van der Waals surface area contributed by atoms with Crippen molar-refractivity contribution in [2.45, 2.75) is 38.9 Å². The number of carbonyl (C=O) groups is 1. The molecule has 1 saturated heterocycles. The van der Waals surface area contributed by atoms with E-state index in [0.717, 1.165) is 12.8 Å². The highest BCUT2D eigenvalue weighted by Gasteiger charge is 2.44. The molecule has 1 unspecified atom stereocenters. The van der Waals surface area contributed by atoms with Gasteiger partial charge in [0, 0.05) is 13.1 Å². The predicted molar refractivity (Wildman–Crippen MR) is 58.2 cm³/mol. The standard InChI is InChI=1S/C11H19F3N2O/c1-7(2)8-3-5-16(6-4-8)10(17)9(15)11(12,13)14/h7-9H,3-6,15H2,1-2H3. The topological polar surface area (TPSA) is 46.3 Å². The first-order valence-electron chi connectivity index (χ1n) is 5.84. The van der Waals surface area contributed by atoms with Crippen LogP contribution in [-0.2, 0) is 4.79 Å². The van der Waals surface area contributed by atoms with E-state index in [4.69, 9.17) is 5.73 Å². The molecule has 1 heterocycles. The molecule has 0 aromatic rings. The van der Waals surface area contributed by atoms with Gasteiger partial charge in [0.05, 0.1) is 0 Å². The lowest BCUT2D eigenvalue weighted by Crippen LogP contribution is -2.53. The summed E-state index contributed by atoms with van der Waals surface area (Å²) in [7, 11) is 0. The molecule has 6 heteroatoms. The van der Waals surface area contributed by atoms with Gasteiger partial charge in [-0.1, -0.05) is 13.8 Å². The molecule has 0 aromatic carbocycles. The molecule has 1 amide bonds. The third-order valence-electron chi connectivity index (χ3n) is 3.41. The maximum absolute atomic E-state index is 12.3. The van der Waals surface area contributed by atoms with E-state index in [1.54, 1.807) is 0 Å². The van der Waals surface area contributed by atoms with E-state index >= 15 is 0 Å². The molecule has 0 aromatic heterocycles. The number of rotatable bonds is 2. The first-order chi connectivity index (χ1) is 7.73. The van der Waals surface area contributed by atoms with Crippen LogP contribution in [0.4, 0.5) is 13.2 Å². The summed E-state index contributed by atoms with van der Waals surface area (Å²) in [6, 6.07) is -2.38. The second-order valence-corrected chi connectivity index (χ2v) is 4.93. The average molecular weight is 252 g/mol. The van der Waals surface area contributed by atoms with Crippen molar-refractivity contribution in [1.82, 2.24) is 4.90 Å². The maximum atomic E-state index is 12.3. The van der Waals surface area contributed by atoms with E-state index in [0.29, 0.717) is 24.9 Å². The Morgan fingerprint density at radius 1 is 1.29 bits per heavy atom. The van der Waals surface area contributed by atoms with Crippen LogP contribution in [0.25, 0.3) is 0 Å². The van der Waals surface area contributed by atoms with Crippen molar-refractivity contribution in [2.24, 2.45) is 17.6 Å². The zero-order chi connectivity index (χ0) is 13.2. The molecule has 1 aliphatic heterocycles. The predicted octanol–water partition coefficient (Wildman–Crippen LogP) is 1.77. The van der Waals surface area contributed by atoms with Crippen LogP contribution < -0.4 is 5.73 Å². The monoisotopic (exact) mass is 252 g/mol. The SMILES string of the molecule is CC(C)C1CCN(C(=O)C(N)C(F)(F)F)CC1. The van der Waals surface area contributed by atoms with Gasteiger partial charge in [-0.05, 0) is 24.7 Å². The van der Waals surface area contributed by atoms with E-state index in [9.17, 15) is 18.0 Å². The van der Waals surface area contributed by atoms with Gasteiger partial charge in [-0.15, -0.1) is 0 Å². The fourth-order valence-electron chi connectivity index (χ4n) is 2.12. The fraction of sp³-hybridized carbons (Fsp3) is 0.909. The minimum Gasteiger partial charge on any atom is -0.341 e. The fourth-order valence-corrected chi connectivity index (χ4v) is 2.12. The first-order valence-corrected chi connectivity index (χ1v) is 5.84. The lowest BCUT2D eigenvalue weighted by molar-refractivity contribution is -0.170. The lowest BCUT2D eigenvalue weighted by atomic mass is 9.86. The Labute approximate surface area is 99.1 Å². The third kappa shape index (κ3) is 3.59. The van der Waals surface area contributed by atoms with Crippen LogP contribution >= 0.6 is 0 Å². The summed E-state index contributed by atoms with van der Waals surface area (Å²) in [5.41, 5.74) is 4.90. The van der Waals surface area contributed by atoms with Crippen LogP contribution in [0, 0.1) is 11.8 Å². The number of halogens is 3. The molecule has 2 N–H and O–H groups in total. The van der Waals surface area contributed by atoms with Gasteiger partial charge < -0.3 is 10.6 Å². The summed E-state index contributed by atoms with van der Waals surface area (Å²) in [6.45, 7) is 4.93. The number of hydrogen-bond acceptors (Lipinski definition) is 2. The lowest BCUT2D eigenvalue weighted by Gasteiger charge is -2.35. The number of alkyl halides is 3. The van der Waals surface area contributed by atoms with E-state index in [-0.39, 0.29) is 0 Å². The smallest absolute Gasteiger partial charge is 0.341 e. The Kier molecular flexibility index (Phi) is 4.41. The van der Waals surface area contributed by atoms with Gasteiger partial charge in [-0.25, -0.2) is 0 Å². The number of likely N-dealkylation sites (tertiary alicyclic amines) is 1. The zero-order valence-corrected chi connectivity index (χ0v) is 10.1. The summed E-state index contributed by atoms with van der Waals surface area (Å²) >= 11 is 0. The maximum Gasteiger partial charge on any atom is 0.412 e. The summed E-state index contributed by atoms with van der Waals surface area (Å²) in [4.78, 5) is 12.7. The third-order valence-corrected chi connectivity index (χ3v) is 3.41. The van der Waals surface area contributed by atoms with Crippen molar-refractivity contribution < 1.29 is 18.0 Å². The first kappa shape index (κ1) is 14.3. The van der Waals surface area contributed by atoms with Crippen LogP contribution in [0.2, 0.25) is 0 Å². The second kappa shape index (κ2) is 5.25. The Bertz CT molecular complexity index is 270. The highest BCUT2D eigenvalue weighted by Crippen LogP contribution is 2.26. The molecule has 0 bridgehead atoms. The molecule has 0 saturated carbocycles. The molecule has 0 radical (unpaired) electrons. The van der Waals surface area contributed by atoms with E-state index in [2.05, 4.69) is 13.8 Å². The molecular formula is C11H19F3N2O. The summed E-state index contributed by atoms with van der Waals surface area (Å²) < 4.78 is 36.9. The van der Waals surface area contributed by atoms with Gasteiger partial charge in [0.1, 0.15) is 0 Å². The van der Waals surface area contributed by atoms with Crippen molar-refractivity contribution in [3.05, 3.63) is 0 Å². The average Bonchev–Trinajstić information content (AvgIpc) is 2.26. The van der Waals surface area contributed by atoms with Crippen molar-refractivity contribution in [1.29, 1.82) is 0 Å². The van der Waals surface area contributed by atoms with Crippen LogP contribution in [0.3, 0.4) is 0 Å². The zero-order valence-electron chi connectivity index (χ0n) is 10.1. The van der Waals surface area contributed by atoms with Crippen molar-refractivity contribution in [3.63, 3.8) is 0 Å². The van der Waals surface area contributed by atoms with Gasteiger partial charge in [-0.3, -0.25) is 4.79 Å². The van der Waals surface area contributed by atoms with Crippen LogP contribution in [0.5, 0.6) is 0 Å². The van der Waals surface area contributed by atoms with Crippen LogP contribution in [0.15, 0.2) is 0 Å². The van der Waals surface area contributed by atoms with E-state index in [1.807, 2.05) is 0 Å². The number of nitrogens with two attached hydrogens (primary N) is 1. The minimum absolute atomic E-state index is 0.380. The minimum atomic E-state index is -4.65. The molecule has 0 spiro atoms.